The molecule has 1 unspecified atom stereocenters. The van der Waals surface area contributed by atoms with E-state index in [-0.39, 0.29) is 6.04 Å². The SMILES string of the molecule is C#CC(CC)NC(=O)N[C@H](CCSC)C(=O)O. The van der Waals surface area contributed by atoms with Crippen molar-refractivity contribution in [3.8, 4) is 12.3 Å². The van der Waals surface area contributed by atoms with Gasteiger partial charge in [-0.15, -0.1) is 6.42 Å². The Balaban J connectivity index is 4.21. The summed E-state index contributed by atoms with van der Waals surface area (Å²) in [6.07, 6.45) is 8.06. The van der Waals surface area contributed by atoms with E-state index in [1.54, 1.807) is 0 Å². The lowest BCUT2D eigenvalue weighted by atomic mass is 10.2. The molecule has 0 aromatic carbocycles. The van der Waals surface area contributed by atoms with Gasteiger partial charge in [-0.3, -0.25) is 0 Å². The summed E-state index contributed by atoms with van der Waals surface area (Å²) in [4.78, 5) is 22.3. The van der Waals surface area contributed by atoms with Crippen molar-refractivity contribution >= 4 is 23.8 Å². The van der Waals surface area contributed by atoms with Gasteiger partial charge in [0.1, 0.15) is 6.04 Å². The van der Waals surface area contributed by atoms with E-state index in [1.807, 2.05) is 13.2 Å². The first kappa shape index (κ1) is 15.7. The zero-order valence-corrected chi connectivity index (χ0v) is 10.8. The van der Waals surface area contributed by atoms with Gasteiger partial charge < -0.3 is 15.7 Å². The Labute approximate surface area is 106 Å². The van der Waals surface area contributed by atoms with E-state index in [4.69, 9.17) is 11.5 Å². The quantitative estimate of drug-likeness (QED) is 0.593. The predicted molar refractivity (Wildman–Crippen MR) is 69.0 cm³/mol. The molecule has 96 valence electrons. The number of terminal acetylenes is 1. The summed E-state index contributed by atoms with van der Waals surface area (Å²) >= 11 is 1.53. The normalized spacial score (nSPS) is 13.2. The molecular weight excluding hydrogens is 240 g/mol. The first-order valence-electron chi connectivity index (χ1n) is 5.30. The summed E-state index contributed by atoms with van der Waals surface area (Å²) in [5.74, 6) is 2.04. The number of rotatable bonds is 7. The zero-order chi connectivity index (χ0) is 13.3. The molecule has 0 spiro atoms. The summed E-state index contributed by atoms with van der Waals surface area (Å²) < 4.78 is 0. The molecule has 0 fully saturated rings. The van der Waals surface area contributed by atoms with Gasteiger partial charge in [-0.05, 0) is 24.9 Å². The number of urea groups is 1. The molecule has 0 aliphatic heterocycles. The van der Waals surface area contributed by atoms with Crippen LogP contribution in [0.3, 0.4) is 0 Å². The third kappa shape index (κ3) is 6.74. The lowest BCUT2D eigenvalue weighted by Crippen LogP contribution is -2.48. The fourth-order valence-electron chi connectivity index (χ4n) is 1.11. The van der Waals surface area contributed by atoms with Crippen LogP contribution >= 0.6 is 11.8 Å². The Hall–Kier alpha value is -1.35. The highest BCUT2D eigenvalue weighted by atomic mass is 32.2. The van der Waals surface area contributed by atoms with E-state index in [1.165, 1.54) is 11.8 Å². The Bertz CT molecular complexity index is 302. The maximum atomic E-state index is 11.5. The number of carbonyl (C=O) groups is 2. The van der Waals surface area contributed by atoms with Crippen LogP contribution in [-0.2, 0) is 4.79 Å². The summed E-state index contributed by atoms with van der Waals surface area (Å²) in [6.45, 7) is 1.84. The van der Waals surface area contributed by atoms with Crippen LogP contribution in [0.2, 0.25) is 0 Å². The molecule has 0 saturated heterocycles. The van der Waals surface area contributed by atoms with Crippen LogP contribution in [0.15, 0.2) is 0 Å². The lowest BCUT2D eigenvalue weighted by Gasteiger charge is -2.16. The van der Waals surface area contributed by atoms with Gasteiger partial charge in [0.25, 0.3) is 0 Å². The van der Waals surface area contributed by atoms with E-state index >= 15 is 0 Å². The van der Waals surface area contributed by atoms with Gasteiger partial charge in [-0.25, -0.2) is 9.59 Å². The third-order valence-electron chi connectivity index (χ3n) is 2.13. The number of carboxylic acid groups (broad SMARTS) is 1. The average molecular weight is 258 g/mol. The number of thioether (sulfide) groups is 1. The third-order valence-corrected chi connectivity index (χ3v) is 2.77. The fourth-order valence-corrected chi connectivity index (χ4v) is 1.58. The maximum Gasteiger partial charge on any atom is 0.326 e. The number of aliphatic carboxylic acids is 1. The van der Waals surface area contributed by atoms with E-state index < -0.39 is 18.0 Å². The molecule has 0 aliphatic rings. The second-order valence-electron chi connectivity index (χ2n) is 3.42. The van der Waals surface area contributed by atoms with Gasteiger partial charge in [0.05, 0.1) is 6.04 Å². The first-order chi connectivity index (χ1) is 8.04. The number of carbonyl (C=O) groups excluding carboxylic acids is 1. The zero-order valence-electron chi connectivity index (χ0n) is 10.0. The first-order valence-corrected chi connectivity index (χ1v) is 6.69. The van der Waals surface area contributed by atoms with Crippen molar-refractivity contribution in [1.82, 2.24) is 10.6 Å². The van der Waals surface area contributed by atoms with Crippen molar-refractivity contribution in [1.29, 1.82) is 0 Å². The highest BCUT2D eigenvalue weighted by Crippen LogP contribution is 2.01. The second kappa shape index (κ2) is 8.76. The number of hydrogen-bond acceptors (Lipinski definition) is 3. The number of nitrogens with one attached hydrogen (secondary N) is 2. The molecule has 0 aromatic heterocycles. The van der Waals surface area contributed by atoms with Crippen molar-refractivity contribution in [3.63, 3.8) is 0 Å². The molecule has 2 atom stereocenters. The van der Waals surface area contributed by atoms with Crippen molar-refractivity contribution in [2.24, 2.45) is 0 Å². The second-order valence-corrected chi connectivity index (χ2v) is 4.40. The molecular formula is C11H18N2O3S. The van der Waals surface area contributed by atoms with Crippen LogP contribution in [0, 0.1) is 12.3 Å². The highest BCUT2D eigenvalue weighted by Gasteiger charge is 2.19. The molecule has 2 amide bonds. The molecule has 3 N–H and O–H groups in total. The van der Waals surface area contributed by atoms with Crippen molar-refractivity contribution in [3.05, 3.63) is 0 Å². The molecule has 6 heteroatoms. The molecule has 0 rings (SSSR count). The predicted octanol–water partition coefficient (Wildman–Crippen LogP) is 0.904. The van der Waals surface area contributed by atoms with Gasteiger partial charge in [-0.2, -0.15) is 11.8 Å². The van der Waals surface area contributed by atoms with Crippen molar-refractivity contribution < 1.29 is 14.7 Å². The van der Waals surface area contributed by atoms with E-state index in [2.05, 4.69) is 16.6 Å². The van der Waals surface area contributed by atoms with Gasteiger partial charge in [0.15, 0.2) is 0 Å². The molecule has 0 saturated carbocycles. The fraction of sp³-hybridized carbons (Fsp3) is 0.636. The summed E-state index contributed by atoms with van der Waals surface area (Å²) in [5.41, 5.74) is 0. The van der Waals surface area contributed by atoms with Crippen molar-refractivity contribution in [2.75, 3.05) is 12.0 Å². The lowest BCUT2D eigenvalue weighted by molar-refractivity contribution is -0.139. The molecule has 0 radical (unpaired) electrons. The largest absolute Gasteiger partial charge is 0.480 e. The number of carboxylic acids is 1. The monoisotopic (exact) mass is 258 g/mol. The van der Waals surface area contributed by atoms with Gasteiger partial charge >= 0.3 is 12.0 Å². The standard InChI is InChI=1S/C11H18N2O3S/c1-4-8(5-2)12-11(16)13-9(10(14)15)6-7-17-3/h1,8-9H,5-7H2,2-3H3,(H,14,15)(H2,12,13,16)/t8?,9-/m1/s1. The molecule has 5 nitrogen and oxygen atoms in total. The molecule has 17 heavy (non-hydrogen) atoms. The van der Waals surface area contributed by atoms with Gasteiger partial charge in [0.2, 0.25) is 0 Å². The Kier molecular flexibility index (Phi) is 8.07. The Morgan fingerprint density at radius 2 is 2.12 bits per heavy atom. The Morgan fingerprint density at radius 3 is 2.53 bits per heavy atom. The van der Waals surface area contributed by atoms with Crippen LogP contribution in [0.25, 0.3) is 0 Å². The molecule has 0 aliphatic carbocycles. The molecule has 0 aromatic rings. The number of hydrogen-bond donors (Lipinski definition) is 3. The van der Waals surface area contributed by atoms with E-state index in [9.17, 15) is 9.59 Å². The van der Waals surface area contributed by atoms with Crippen LogP contribution in [0.4, 0.5) is 4.79 Å². The van der Waals surface area contributed by atoms with Gasteiger partial charge in [-0.1, -0.05) is 12.8 Å². The summed E-state index contributed by atoms with van der Waals surface area (Å²) in [6, 6.07) is -1.79. The topological polar surface area (TPSA) is 78.4 Å². The Morgan fingerprint density at radius 1 is 1.47 bits per heavy atom. The maximum absolute atomic E-state index is 11.5. The highest BCUT2D eigenvalue weighted by molar-refractivity contribution is 7.98. The van der Waals surface area contributed by atoms with E-state index in [0.29, 0.717) is 18.6 Å². The minimum atomic E-state index is -1.04. The van der Waals surface area contributed by atoms with Crippen LogP contribution in [-0.4, -0.2) is 41.2 Å². The minimum Gasteiger partial charge on any atom is -0.480 e. The van der Waals surface area contributed by atoms with Crippen molar-refractivity contribution in [2.45, 2.75) is 31.8 Å². The van der Waals surface area contributed by atoms with Gasteiger partial charge in [0, 0.05) is 0 Å². The van der Waals surface area contributed by atoms with E-state index in [0.717, 1.165) is 0 Å². The smallest absolute Gasteiger partial charge is 0.326 e. The minimum absolute atomic E-state index is 0.370. The molecule has 0 heterocycles. The molecule has 0 bridgehead atoms. The van der Waals surface area contributed by atoms with Crippen LogP contribution < -0.4 is 10.6 Å². The average Bonchev–Trinajstić information content (AvgIpc) is 2.30. The summed E-state index contributed by atoms with van der Waals surface area (Å²) in [7, 11) is 0. The number of amides is 2. The van der Waals surface area contributed by atoms with Crippen LogP contribution in [0.5, 0.6) is 0 Å². The summed E-state index contributed by atoms with van der Waals surface area (Å²) in [5, 5.41) is 13.8. The van der Waals surface area contributed by atoms with Crippen LogP contribution in [0.1, 0.15) is 19.8 Å².